The van der Waals surface area contributed by atoms with Crippen molar-refractivity contribution in [3.8, 4) is 0 Å². The largest absolute Gasteiger partial charge is 0.437 e. The van der Waals surface area contributed by atoms with Crippen LogP contribution < -0.4 is 10.2 Å². The molecule has 0 atom stereocenters. The number of carbonyl (C=O) groups is 1. The lowest BCUT2D eigenvalue weighted by Gasteiger charge is -2.36. The second-order valence-corrected chi connectivity index (χ2v) is 7.32. The number of rotatable bonds is 4. The van der Waals surface area contributed by atoms with Gasteiger partial charge in [0.2, 0.25) is 0 Å². The topological polar surface area (TPSA) is 61.4 Å². The number of aromatic nitrogens is 2. The number of para-hydroxylation sites is 2. The lowest BCUT2D eigenvalue weighted by atomic mass is 10.1. The van der Waals surface area contributed by atoms with E-state index >= 15 is 0 Å². The highest BCUT2D eigenvalue weighted by Crippen LogP contribution is 2.35. The first kappa shape index (κ1) is 20.9. The van der Waals surface area contributed by atoms with Gasteiger partial charge < -0.3 is 15.1 Å². The maximum Gasteiger partial charge on any atom is 0.437 e. The van der Waals surface area contributed by atoms with Crippen LogP contribution in [0.2, 0.25) is 0 Å². The number of benzene rings is 2. The zero-order chi connectivity index (χ0) is 21.8. The average Bonchev–Trinajstić information content (AvgIpc) is 2.78. The first-order valence-corrected chi connectivity index (χ1v) is 10.1. The van der Waals surface area contributed by atoms with E-state index in [1.807, 2.05) is 30.3 Å². The summed E-state index contributed by atoms with van der Waals surface area (Å²) in [6.45, 7) is 1.62. The van der Waals surface area contributed by atoms with Gasteiger partial charge in [-0.15, -0.1) is 0 Å². The van der Waals surface area contributed by atoms with Gasteiger partial charge >= 0.3 is 12.2 Å². The first-order chi connectivity index (χ1) is 14.9. The van der Waals surface area contributed by atoms with Gasteiger partial charge in [-0.2, -0.15) is 13.2 Å². The Bertz CT molecular complexity index is 1050. The second-order valence-electron chi connectivity index (χ2n) is 7.32. The Morgan fingerprint density at radius 1 is 0.903 bits per heavy atom. The molecule has 1 saturated heterocycles. The summed E-state index contributed by atoms with van der Waals surface area (Å²) in [5.74, 6) is -0.185. The Morgan fingerprint density at radius 3 is 2.16 bits per heavy atom. The van der Waals surface area contributed by atoms with Crippen molar-refractivity contribution in [2.45, 2.75) is 12.6 Å². The summed E-state index contributed by atoms with van der Waals surface area (Å²) >= 11 is 0. The molecule has 3 aromatic rings. The third-order valence-electron chi connectivity index (χ3n) is 5.22. The average molecular weight is 429 g/mol. The van der Waals surface area contributed by atoms with E-state index in [2.05, 4.69) is 15.3 Å². The number of carbonyl (C=O) groups excluding carboxylic acids is 1. The van der Waals surface area contributed by atoms with Crippen molar-refractivity contribution in [1.29, 1.82) is 0 Å². The molecule has 0 radical (unpaired) electrons. The molecule has 0 aliphatic carbocycles. The number of piperazine rings is 1. The van der Waals surface area contributed by atoms with Crippen LogP contribution in [0.1, 0.15) is 11.3 Å². The molecule has 31 heavy (non-hydrogen) atoms. The second kappa shape index (κ2) is 8.79. The third-order valence-corrected chi connectivity index (χ3v) is 5.22. The van der Waals surface area contributed by atoms with E-state index in [0.29, 0.717) is 31.6 Å². The normalized spacial score (nSPS) is 14.7. The van der Waals surface area contributed by atoms with Gasteiger partial charge in [-0.1, -0.05) is 42.5 Å². The van der Waals surface area contributed by atoms with E-state index in [1.54, 1.807) is 28.0 Å². The molecule has 6 nitrogen and oxygen atoms in total. The number of nitrogens with zero attached hydrogens (tertiary/aromatic N) is 4. The van der Waals surface area contributed by atoms with Gasteiger partial charge in [-0.25, -0.2) is 14.8 Å². The van der Waals surface area contributed by atoms with E-state index in [-0.39, 0.29) is 30.5 Å². The van der Waals surface area contributed by atoms with E-state index < -0.39 is 11.9 Å². The van der Waals surface area contributed by atoms with Gasteiger partial charge in [-0.05, 0) is 24.1 Å². The molecule has 1 N–H and O–H groups in total. The van der Waals surface area contributed by atoms with Crippen LogP contribution >= 0.6 is 0 Å². The molecule has 0 saturated carbocycles. The molecule has 0 unspecified atom stereocenters. The van der Waals surface area contributed by atoms with Crippen molar-refractivity contribution < 1.29 is 18.0 Å². The highest BCUT2D eigenvalue weighted by Gasteiger charge is 2.39. The number of urea groups is 1. The van der Waals surface area contributed by atoms with Crippen molar-refractivity contribution in [2.75, 3.05) is 37.6 Å². The maximum absolute atomic E-state index is 13.6. The quantitative estimate of drug-likeness (QED) is 0.687. The van der Waals surface area contributed by atoms with E-state index in [9.17, 15) is 18.0 Å². The minimum atomic E-state index is -4.61. The number of anilines is 1. The molecular formula is C22H22F3N5O. The minimum absolute atomic E-state index is 0.185. The molecule has 162 valence electrons. The first-order valence-electron chi connectivity index (χ1n) is 10.1. The number of amides is 2. The summed E-state index contributed by atoms with van der Waals surface area (Å²) in [5, 5.41) is 2.88. The molecule has 2 heterocycles. The lowest BCUT2D eigenvalue weighted by Crippen LogP contribution is -2.52. The SMILES string of the molecule is O=C(NCCc1ccccc1)N1CCN(c2nc3ccccc3nc2C(F)(F)F)CC1. The molecule has 2 amide bonds. The molecule has 0 bridgehead atoms. The summed E-state index contributed by atoms with van der Waals surface area (Å²) in [4.78, 5) is 23.7. The summed E-state index contributed by atoms with van der Waals surface area (Å²) in [6.07, 6.45) is -3.90. The fourth-order valence-electron chi connectivity index (χ4n) is 3.59. The van der Waals surface area contributed by atoms with Crippen molar-refractivity contribution in [3.05, 3.63) is 65.9 Å². The molecule has 4 rings (SSSR count). The van der Waals surface area contributed by atoms with Gasteiger partial charge in [0, 0.05) is 32.7 Å². The number of alkyl halides is 3. The highest BCUT2D eigenvalue weighted by atomic mass is 19.4. The van der Waals surface area contributed by atoms with E-state index in [0.717, 1.165) is 5.56 Å². The van der Waals surface area contributed by atoms with Gasteiger partial charge in [-0.3, -0.25) is 0 Å². The Hall–Kier alpha value is -3.36. The Labute approximate surface area is 177 Å². The van der Waals surface area contributed by atoms with Gasteiger partial charge in [0.25, 0.3) is 0 Å². The van der Waals surface area contributed by atoms with Crippen molar-refractivity contribution in [1.82, 2.24) is 20.2 Å². The number of hydrogen-bond donors (Lipinski definition) is 1. The Morgan fingerprint density at radius 2 is 1.52 bits per heavy atom. The van der Waals surface area contributed by atoms with Crippen LogP contribution in [0.3, 0.4) is 0 Å². The molecule has 0 spiro atoms. The number of nitrogens with one attached hydrogen (secondary N) is 1. The smallest absolute Gasteiger partial charge is 0.351 e. The molecule has 9 heteroatoms. The zero-order valence-corrected chi connectivity index (χ0v) is 16.8. The predicted octanol–water partition coefficient (Wildman–Crippen LogP) is 3.72. The molecular weight excluding hydrogens is 407 g/mol. The van der Waals surface area contributed by atoms with Crippen LogP contribution in [0, 0.1) is 0 Å². The number of halogens is 3. The molecule has 1 aliphatic rings. The maximum atomic E-state index is 13.6. The van der Waals surface area contributed by atoms with Crippen LogP contribution in [0.5, 0.6) is 0 Å². The minimum Gasteiger partial charge on any atom is -0.351 e. The Kier molecular flexibility index (Phi) is 5.92. The number of hydrogen-bond acceptors (Lipinski definition) is 4. The van der Waals surface area contributed by atoms with Gasteiger partial charge in [0.15, 0.2) is 11.5 Å². The highest BCUT2D eigenvalue weighted by molar-refractivity contribution is 5.77. The van der Waals surface area contributed by atoms with Gasteiger partial charge in [0.1, 0.15) is 0 Å². The van der Waals surface area contributed by atoms with Crippen LogP contribution in [0.25, 0.3) is 11.0 Å². The predicted molar refractivity (Wildman–Crippen MR) is 112 cm³/mol. The summed E-state index contributed by atoms with van der Waals surface area (Å²) in [5.41, 5.74) is 0.746. The molecule has 2 aromatic carbocycles. The van der Waals surface area contributed by atoms with Crippen LogP contribution in [0.4, 0.5) is 23.8 Å². The van der Waals surface area contributed by atoms with E-state index in [1.165, 1.54) is 6.07 Å². The summed E-state index contributed by atoms with van der Waals surface area (Å²) in [7, 11) is 0. The third kappa shape index (κ3) is 4.87. The lowest BCUT2D eigenvalue weighted by molar-refractivity contribution is -0.140. The van der Waals surface area contributed by atoms with E-state index in [4.69, 9.17) is 0 Å². The molecule has 1 aliphatic heterocycles. The van der Waals surface area contributed by atoms with Crippen LogP contribution in [-0.2, 0) is 12.6 Å². The zero-order valence-electron chi connectivity index (χ0n) is 16.8. The monoisotopic (exact) mass is 429 g/mol. The standard InChI is InChI=1S/C22H22F3N5O/c23-22(24,25)19-20(28-18-9-5-4-8-17(18)27-19)29-12-14-30(15-13-29)21(31)26-11-10-16-6-2-1-3-7-16/h1-9H,10-15H2,(H,26,31). The fourth-order valence-corrected chi connectivity index (χ4v) is 3.59. The fraction of sp³-hybridized carbons (Fsp3) is 0.318. The molecule has 1 aromatic heterocycles. The van der Waals surface area contributed by atoms with Gasteiger partial charge in [0.05, 0.1) is 11.0 Å². The van der Waals surface area contributed by atoms with Crippen molar-refractivity contribution in [2.24, 2.45) is 0 Å². The number of fused-ring (bicyclic) bond motifs is 1. The van der Waals surface area contributed by atoms with Crippen LogP contribution in [0.15, 0.2) is 54.6 Å². The van der Waals surface area contributed by atoms with Crippen molar-refractivity contribution in [3.63, 3.8) is 0 Å². The summed E-state index contributed by atoms with van der Waals surface area (Å²) < 4.78 is 40.8. The molecule has 1 fully saturated rings. The van der Waals surface area contributed by atoms with Crippen molar-refractivity contribution >= 4 is 22.9 Å². The summed E-state index contributed by atoms with van der Waals surface area (Å²) in [6, 6.07) is 16.1. The van der Waals surface area contributed by atoms with Crippen LogP contribution in [-0.4, -0.2) is 53.6 Å². The Balaban J connectivity index is 1.40.